The van der Waals surface area contributed by atoms with Crippen LogP contribution in [-0.4, -0.2) is 36.2 Å². The summed E-state index contributed by atoms with van der Waals surface area (Å²) in [4.78, 5) is 14.4. The van der Waals surface area contributed by atoms with Crippen LogP contribution in [-0.2, 0) is 17.6 Å². The minimum absolute atomic E-state index is 0.0627. The number of fused-ring (bicyclic) bond motifs is 1. The molecule has 1 unspecified atom stereocenters. The summed E-state index contributed by atoms with van der Waals surface area (Å²) in [6.07, 6.45) is 4.13. The van der Waals surface area contributed by atoms with Gasteiger partial charge < -0.3 is 15.0 Å². The number of carbonyl (C=O) groups excluding carboxylic acids is 1. The van der Waals surface area contributed by atoms with Crippen molar-refractivity contribution in [1.29, 1.82) is 0 Å². The standard InChI is InChI=1S/C23H38N2O2/c1-17(2)11-14-24-13-7-8-19-9-10-20-12-15-25(18(3)21(20)16-19)22(26)27-23(4,5)6/h9-10,16-18,24H,7-8,11-15H2,1-6H3. The van der Waals surface area contributed by atoms with Gasteiger partial charge in [-0.25, -0.2) is 4.79 Å². The van der Waals surface area contributed by atoms with E-state index >= 15 is 0 Å². The first-order valence-electron chi connectivity index (χ1n) is 10.5. The van der Waals surface area contributed by atoms with Crippen molar-refractivity contribution < 1.29 is 9.53 Å². The quantitative estimate of drug-likeness (QED) is 0.674. The van der Waals surface area contributed by atoms with E-state index in [4.69, 9.17) is 4.74 Å². The molecule has 2 rings (SSSR count). The van der Waals surface area contributed by atoms with E-state index in [0.717, 1.165) is 44.8 Å². The molecule has 0 radical (unpaired) electrons. The van der Waals surface area contributed by atoms with Gasteiger partial charge in [-0.15, -0.1) is 0 Å². The van der Waals surface area contributed by atoms with Crippen LogP contribution in [0.25, 0.3) is 0 Å². The Morgan fingerprint density at radius 3 is 2.70 bits per heavy atom. The molecule has 0 saturated heterocycles. The molecule has 0 aromatic heterocycles. The zero-order valence-corrected chi connectivity index (χ0v) is 18.1. The molecule has 4 nitrogen and oxygen atoms in total. The molecule has 1 atom stereocenters. The van der Waals surface area contributed by atoms with Gasteiger partial charge >= 0.3 is 6.09 Å². The SMILES string of the molecule is CC(C)CCNCCCc1ccc2c(c1)C(C)N(C(=O)OC(C)(C)C)CC2. The van der Waals surface area contributed by atoms with E-state index in [-0.39, 0.29) is 12.1 Å². The highest BCUT2D eigenvalue weighted by molar-refractivity contribution is 5.69. The minimum atomic E-state index is -0.457. The Morgan fingerprint density at radius 1 is 1.30 bits per heavy atom. The Bertz CT molecular complexity index is 619. The number of aryl methyl sites for hydroxylation is 1. The van der Waals surface area contributed by atoms with Gasteiger partial charge in [-0.3, -0.25) is 0 Å². The first kappa shape index (κ1) is 21.7. The molecule has 1 aromatic carbocycles. The molecule has 1 heterocycles. The average Bonchev–Trinajstić information content (AvgIpc) is 2.56. The molecule has 1 amide bonds. The van der Waals surface area contributed by atoms with Crippen molar-refractivity contribution in [3.8, 4) is 0 Å². The van der Waals surface area contributed by atoms with Crippen LogP contribution in [0.3, 0.4) is 0 Å². The van der Waals surface area contributed by atoms with Crippen LogP contribution in [0, 0.1) is 5.92 Å². The zero-order valence-electron chi connectivity index (χ0n) is 18.1. The molecule has 0 spiro atoms. The van der Waals surface area contributed by atoms with Crippen molar-refractivity contribution in [2.75, 3.05) is 19.6 Å². The highest BCUT2D eigenvalue weighted by atomic mass is 16.6. The summed E-state index contributed by atoms with van der Waals surface area (Å²) in [7, 11) is 0. The van der Waals surface area contributed by atoms with Crippen LogP contribution in [0.15, 0.2) is 18.2 Å². The lowest BCUT2D eigenvalue weighted by Gasteiger charge is -2.36. The Kier molecular flexibility index (Phi) is 7.72. The van der Waals surface area contributed by atoms with E-state index in [2.05, 4.69) is 44.3 Å². The predicted molar refractivity (Wildman–Crippen MR) is 112 cm³/mol. The molecular formula is C23H38N2O2. The van der Waals surface area contributed by atoms with Gasteiger partial charge in [0.15, 0.2) is 0 Å². The van der Waals surface area contributed by atoms with Crippen molar-refractivity contribution in [3.05, 3.63) is 34.9 Å². The lowest BCUT2D eigenvalue weighted by atomic mass is 9.91. The Balaban J connectivity index is 1.92. The van der Waals surface area contributed by atoms with Gasteiger partial charge in [-0.2, -0.15) is 0 Å². The topological polar surface area (TPSA) is 41.6 Å². The first-order chi connectivity index (χ1) is 12.7. The summed E-state index contributed by atoms with van der Waals surface area (Å²) in [5, 5.41) is 3.53. The number of nitrogens with one attached hydrogen (secondary N) is 1. The molecule has 1 N–H and O–H groups in total. The number of benzene rings is 1. The maximum absolute atomic E-state index is 12.5. The molecular weight excluding hydrogens is 336 g/mol. The van der Waals surface area contributed by atoms with E-state index in [9.17, 15) is 4.79 Å². The van der Waals surface area contributed by atoms with Crippen molar-refractivity contribution in [1.82, 2.24) is 10.2 Å². The Hall–Kier alpha value is -1.55. The van der Waals surface area contributed by atoms with E-state index in [1.165, 1.54) is 23.1 Å². The number of hydrogen-bond acceptors (Lipinski definition) is 3. The monoisotopic (exact) mass is 374 g/mol. The molecule has 0 saturated carbocycles. The van der Waals surface area contributed by atoms with E-state index in [1.807, 2.05) is 25.7 Å². The molecule has 0 bridgehead atoms. The highest BCUT2D eigenvalue weighted by Gasteiger charge is 2.31. The van der Waals surface area contributed by atoms with Gasteiger partial charge in [0, 0.05) is 6.54 Å². The lowest BCUT2D eigenvalue weighted by Crippen LogP contribution is -2.42. The average molecular weight is 375 g/mol. The van der Waals surface area contributed by atoms with Gasteiger partial charge in [-0.1, -0.05) is 32.0 Å². The molecule has 27 heavy (non-hydrogen) atoms. The minimum Gasteiger partial charge on any atom is -0.444 e. The third kappa shape index (κ3) is 6.84. The molecule has 1 aliphatic rings. The number of ether oxygens (including phenoxy) is 1. The normalized spacial score (nSPS) is 17.1. The fourth-order valence-corrected chi connectivity index (χ4v) is 3.52. The van der Waals surface area contributed by atoms with Crippen LogP contribution >= 0.6 is 0 Å². The second kappa shape index (κ2) is 9.59. The number of amides is 1. The lowest BCUT2D eigenvalue weighted by molar-refractivity contribution is 0.0159. The highest BCUT2D eigenvalue weighted by Crippen LogP contribution is 2.31. The second-order valence-corrected chi connectivity index (χ2v) is 9.17. The fourth-order valence-electron chi connectivity index (χ4n) is 3.52. The van der Waals surface area contributed by atoms with Crippen molar-refractivity contribution >= 4 is 6.09 Å². The fraction of sp³-hybridized carbons (Fsp3) is 0.696. The maximum atomic E-state index is 12.5. The summed E-state index contributed by atoms with van der Waals surface area (Å²) >= 11 is 0. The largest absolute Gasteiger partial charge is 0.444 e. The van der Waals surface area contributed by atoms with Gasteiger partial charge in [0.1, 0.15) is 5.60 Å². The Labute approximate surface area is 165 Å². The number of carbonyl (C=O) groups is 1. The van der Waals surface area contributed by atoms with Gasteiger partial charge in [0.2, 0.25) is 0 Å². The Morgan fingerprint density at radius 2 is 2.04 bits per heavy atom. The van der Waals surface area contributed by atoms with Gasteiger partial charge in [0.25, 0.3) is 0 Å². The van der Waals surface area contributed by atoms with Crippen LogP contribution in [0.1, 0.15) is 77.1 Å². The van der Waals surface area contributed by atoms with Gasteiger partial charge in [0.05, 0.1) is 6.04 Å². The second-order valence-electron chi connectivity index (χ2n) is 9.17. The molecule has 4 heteroatoms. The molecule has 1 aromatic rings. The van der Waals surface area contributed by atoms with E-state index in [0.29, 0.717) is 0 Å². The molecule has 152 valence electrons. The zero-order chi connectivity index (χ0) is 20.0. The number of rotatable bonds is 7. The van der Waals surface area contributed by atoms with Crippen LogP contribution in [0.5, 0.6) is 0 Å². The van der Waals surface area contributed by atoms with Crippen LogP contribution in [0.4, 0.5) is 4.79 Å². The van der Waals surface area contributed by atoms with Gasteiger partial charge in [-0.05, 0) is 89.1 Å². The first-order valence-corrected chi connectivity index (χ1v) is 10.5. The molecule has 1 aliphatic heterocycles. The number of hydrogen-bond donors (Lipinski definition) is 1. The van der Waals surface area contributed by atoms with Crippen molar-refractivity contribution in [3.63, 3.8) is 0 Å². The molecule has 0 aliphatic carbocycles. The van der Waals surface area contributed by atoms with Crippen LogP contribution in [0.2, 0.25) is 0 Å². The third-order valence-electron chi connectivity index (χ3n) is 5.10. The van der Waals surface area contributed by atoms with Crippen LogP contribution < -0.4 is 5.32 Å². The summed E-state index contributed by atoms with van der Waals surface area (Å²) in [5.41, 5.74) is 3.54. The summed E-state index contributed by atoms with van der Waals surface area (Å²) < 4.78 is 5.59. The van der Waals surface area contributed by atoms with E-state index < -0.39 is 5.60 Å². The van der Waals surface area contributed by atoms with Crippen molar-refractivity contribution in [2.45, 2.75) is 78.9 Å². The molecule has 0 fully saturated rings. The maximum Gasteiger partial charge on any atom is 0.410 e. The summed E-state index contributed by atoms with van der Waals surface area (Å²) in [5.74, 6) is 0.757. The summed E-state index contributed by atoms with van der Waals surface area (Å²) in [6.45, 7) is 15.3. The van der Waals surface area contributed by atoms with E-state index in [1.54, 1.807) is 0 Å². The van der Waals surface area contributed by atoms with Crippen molar-refractivity contribution in [2.24, 2.45) is 5.92 Å². The smallest absolute Gasteiger partial charge is 0.410 e. The third-order valence-corrected chi connectivity index (χ3v) is 5.10. The number of nitrogens with zero attached hydrogens (tertiary/aromatic N) is 1. The predicted octanol–water partition coefficient (Wildman–Crippen LogP) is 5.11. The summed E-state index contributed by atoms with van der Waals surface area (Å²) in [6, 6.07) is 6.86.